The topological polar surface area (TPSA) is 58.4 Å². The second-order valence-electron chi connectivity index (χ2n) is 7.10. The Morgan fingerprint density at radius 2 is 1.81 bits per heavy atom. The minimum Gasteiger partial charge on any atom is -0.369 e. The number of hydrogen-bond donors (Lipinski definition) is 2. The standard InChI is InChI=1S/C21H25F2N3O/c22-19-7-2-8-20(23)18(19)12-25-11-15-4-1-5-16(10-15)13-26-9-3-6-17(14-26)21(24)27/h1-2,4-5,7-8,10,17,25H,3,6,9,11-14H2,(H2,24,27). The molecule has 0 aliphatic carbocycles. The van der Waals surface area contributed by atoms with Gasteiger partial charge in [0, 0.05) is 31.7 Å². The largest absolute Gasteiger partial charge is 0.369 e. The van der Waals surface area contributed by atoms with Crippen LogP contribution < -0.4 is 11.1 Å². The molecule has 2 aromatic carbocycles. The summed E-state index contributed by atoms with van der Waals surface area (Å²) in [5.74, 6) is -1.37. The molecule has 1 unspecified atom stereocenters. The number of halogens is 2. The maximum atomic E-state index is 13.7. The van der Waals surface area contributed by atoms with E-state index in [0.717, 1.165) is 37.1 Å². The van der Waals surface area contributed by atoms with Gasteiger partial charge in [-0.25, -0.2) is 8.78 Å². The maximum absolute atomic E-state index is 13.7. The molecule has 6 heteroatoms. The molecule has 0 aromatic heterocycles. The molecule has 4 nitrogen and oxygen atoms in total. The van der Waals surface area contributed by atoms with Crippen molar-refractivity contribution in [2.45, 2.75) is 32.5 Å². The summed E-state index contributed by atoms with van der Waals surface area (Å²) in [5.41, 5.74) is 7.70. The molecule has 1 aliphatic rings. The van der Waals surface area contributed by atoms with Crippen molar-refractivity contribution in [3.8, 4) is 0 Å². The summed E-state index contributed by atoms with van der Waals surface area (Å²) in [4.78, 5) is 13.7. The Labute approximate surface area is 158 Å². The highest BCUT2D eigenvalue weighted by atomic mass is 19.1. The van der Waals surface area contributed by atoms with Crippen molar-refractivity contribution in [3.05, 3.63) is 70.8 Å². The van der Waals surface area contributed by atoms with E-state index in [0.29, 0.717) is 13.1 Å². The van der Waals surface area contributed by atoms with E-state index in [-0.39, 0.29) is 23.9 Å². The molecule has 27 heavy (non-hydrogen) atoms. The lowest BCUT2D eigenvalue weighted by atomic mass is 9.97. The number of benzene rings is 2. The molecule has 0 spiro atoms. The molecule has 2 aromatic rings. The highest BCUT2D eigenvalue weighted by molar-refractivity contribution is 5.76. The van der Waals surface area contributed by atoms with Crippen LogP contribution in [0.3, 0.4) is 0 Å². The van der Waals surface area contributed by atoms with Crippen molar-refractivity contribution in [1.29, 1.82) is 0 Å². The van der Waals surface area contributed by atoms with E-state index >= 15 is 0 Å². The first-order valence-electron chi connectivity index (χ1n) is 9.26. The Bertz CT molecular complexity index is 776. The van der Waals surface area contributed by atoms with Gasteiger partial charge in [0.25, 0.3) is 0 Å². The second-order valence-corrected chi connectivity index (χ2v) is 7.10. The Kier molecular flexibility index (Phi) is 6.53. The fourth-order valence-electron chi connectivity index (χ4n) is 3.56. The van der Waals surface area contributed by atoms with Crippen LogP contribution in [0.1, 0.15) is 29.5 Å². The zero-order valence-corrected chi connectivity index (χ0v) is 15.3. The maximum Gasteiger partial charge on any atom is 0.221 e. The van der Waals surface area contributed by atoms with Crippen LogP contribution in [-0.4, -0.2) is 23.9 Å². The number of hydrogen-bond acceptors (Lipinski definition) is 3. The lowest BCUT2D eigenvalue weighted by molar-refractivity contribution is -0.123. The summed E-state index contributed by atoms with van der Waals surface area (Å²) in [5, 5.41) is 3.10. The number of rotatable bonds is 7. The van der Waals surface area contributed by atoms with Crippen LogP contribution in [0.2, 0.25) is 0 Å². The predicted octanol–water partition coefficient (Wildman–Crippen LogP) is 2.95. The first-order chi connectivity index (χ1) is 13.0. The molecule has 1 heterocycles. The average molecular weight is 373 g/mol. The third-order valence-electron chi connectivity index (χ3n) is 5.00. The molecular formula is C21H25F2N3O. The highest BCUT2D eigenvalue weighted by Gasteiger charge is 2.23. The van der Waals surface area contributed by atoms with Crippen molar-refractivity contribution in [2.75, 3.05) is 13.1 Å². The fourth-order valence-corrected chi connectivity index (χ4v) is 3.56. The quantitative estimate of drug-likeness (QED) is 0.785. The van der Waals surface area contributed by atoms with Crippen molar-refractivity contribution < 1.29 is 13.6 Å². The number of likely N-dealkylation sites (tertiary alicyclic amines) is 1. The first-order valence-corrected chi connectivity index (χ1v) is 9.26. The van der Waals surface area contributed by atoms with Gasteiger partial charge in [-0.3, -0.25) is 9.69 Å². The van der Waals surface area contributed by atoms with Crippen LogP contribution in [0, 0.1) is 17.6 Å². The second kappa shape index (κ2) is 9.06. The van der Waals surface area contributed by atoms with Crippen LogP contribution in [0.15, 0.2) is 42.5 Å². The molecule has 0 saturated carbocycles. The van der Waals surface area contributed by atoms with Gasteiger partial charge in [-0.2, -0.15) is 0 Å². The van der Waals surface area contributed by atoms with E-state index in [1.165, 1.54) is 18.2 Å². The molecular weight excluding hydrogens is 348 g/mol. The van der Waals surface area contributed by atoms with Crippen LogP contribution in [0.5, 0.6) is 0 Å². The van der Waals surface area contributed by atoms with Gasteiger partial charge in [-0.15, -0.1) is 0 Å². The Morgan fingerprint density at radius 1 is 1.11 bits per heavy atom. The van der Waals surface area contributed by atoms with Gasteiger partial charge >= 0.3 is 0 Å². The van der Waals surface area contributed by atoms with Crippen LogP contribution in [0.4, 0.5) is 8.78 Å². The molecule has 1 saturated heterocycles. The number of piperidine rings is 1. The smallest absolute Gasteiger partial charge is 0.221 e. The lowest BCUT2D eigenvalue weighted by Crippen LogP contribution is -2.40. The summed E-state index contributed by atoms with van der Waals surface area (Å²) < 4.78 is 27.3. The van der Waals surface area contributed by atoms with E-state index in [1.54, 1.807) is 0 Å². The number of carbonyl (C=O) groups excluding carboxylic acids is 1. The van der Waals surface area contributed by atoms with Crippen LogP contribution >= 0.6 is 0 Å². The molecule has 144 valence electrons. The minimum absolute atomic E-state index is 0.0551. The molecule has 3 N–H and O–H groups in total. The van der Waals surface area contributed by atoms with Gasteiger partial charge < -0.3 is 11.1 Å². The Hall–Kier alpha value is -2.31. The van der Waals surface area contributed by atoms with Gasteiger partial charge in [0.2, 0.25) is 5.91 Å². The van der Waals surface area contributed by atoms with E-state index < -0.39 is 11.6 Å². The number of nitrogens with zero attached hydrogens (tertiary/aromatic N) is 1. The number of primary amides is 1. The molecule has 0 bridgehead atoms. The van der Waals surface area contributed by atoms with Gasteiger partial charge in [0.05, 0.1) is 5.92 Å². The third-order valence-corrected chi connectivity index (χ3v) is 5.00. The number of nitrogens with one attached hydrogen (secondary N) is 1. The summed E-state index contributed by atoms with van der Waals surface area (Å²) >= 11 is 0. The molecule has 1 atom stereocenters. The predicted molar refractivity (Wildman–Crippen MR) is 101 cm³/mol. The summed E-state index contributed by atoms with van der Waals surface area (Å²) in [6.07, 6.45) is 1.84. The van der Waals surface area contributed by atoms with Crippen molar-refractivity contribution >= 4 is 5.91 Å². The molecule has 1 aliphatic heterocycles. The minimum atomic E-state index is -0.537. The SMILES string of the molecule is NC(=O)C1CCCN(Cc2cccc(CNCc3c(F)cccc3F)c2)C1. The summed E-state index contributed by atoms with van der Waals surface area (Å²) in [7, 11) is 0. The van der Waals surface area contributed by atoms with E-state index in [1.807, 2.05) is 18.2 Å². The van der Waals surface area contributed by atoms with Crippen molar-refractivity contribution in [3.63, 3.8) is 0 Å². The Morgan fingerprint density at radius 3 is 2.56 bits per heavy atom. The van der Waals surface area contributed by atoms with Gasteiger partial charge in [-0.1, -0.05) is 30.3 Å². The Balaban J connectivity index is 1.55. The zero-order chi connectivity index (χ0) is 19.2. The van der Waals surface area contributed by atoms with Gasteiger partial charge in [0.1, 0.15) is 11.6 Å². The molecule has 3 rings (SSSR count). The van der Waals surface area contributed by atoms with Gasteiger partial charge in [-0.05, 0) is 42.6 Å². The fraction of sp³-hybridized carbons (Fsp3) is 0.381. The number of carbonyl (C=O) groups is 1. The number of nitrogens with two attached hydrogens (primary N) is 1. The van der Waals surface area contributed by atoms with E-state index in [9.17, 15) is 13.6 Å². The molecule has 0 radical (unpaired) electrons. The monoisotopic (exact) mass is 373 g/mol. The molecule has 1 fully saturated rings. The average Bonchev–Trinajstić information content (AvgIpc) is 2.65. The highest BCUT2D eigenvalue weighted by Crippen LogP contribution is 2.19. The lowest BCUT2D eigenvalue weighted by Gasteiger charge is -2.31. The summed E-state index contributed by atoms with van der Waals surface area (Å²) in [6, 6.07) is 12.0. The van der Waals surface area contributed by atoms with E-state index in [4.69, 9.17) is 5.73 Å². The molecule has 1 amide bonds. The number of amides is 1. The van der Waals surface area contributed by atoms with Crippen LogP contribution in [-0.2, 0) is 24.4 Å². The van der Waals surface area contributed by atoms with Crippen molar-refractivity contribution in [2.24, 2.45) is 11.7 Å². The van der Waals surface area contributed by atoms with Crippen LogP contribution in [0.25, 0.3) is 0 Å². The van der Waals surface area contributed by atoms with Gasteiger partial charge in [0.15, 0.2) is 0 Å². The third kappa shape index (κ3) is 5.34. The summed E-state index contributed by atoms with van der Waals surface area (Å²) in [6.45, 7) is 3.07. The normalized spacial score (nSPS) is 17.8. The zero-order valence-electron chi connectivity index (χ0n) is 15.3. The van der Waals surface area contributed by atoms with E-state index in [2.05, 4.69) is 16.3 Å². The van der Waals surface area contributed by atoms with Crippen molar-refractivity contribution in [1.82, 2.24) is 10.2 Å². The first kappa shape index (κ1) is 19.5.